The van der Waals surface area contributed by atoms with Crippen molar-refractivity contribution in [1.82, 2.24) is 5.32 Å². The van der Waals surface area contributed by atoms with Crippen molar-refractivity contribution in [1.29, 1.82) is 0 Å². The van der Waals surface area contributed by atoms with E-state index in [1.54, 1.807) is 11.8 Å². The maximum atomic E-state index is 5.96. The summed E-state index contributed by atoms with van der Waals surface area (Å²) < 4.78 is 0. The molecular formula is C12H17Cl2NS. The van der Waals surface area contributed by atoms with Crippen molar-refractivity contribution in [2.45, 2.75) is 24.8 Å². The van der Waals surface area contributed by atoms with Crippen LogP contribution in [0.15, 0.2) is 23.1 Å². The lowest BCUT2D eigenvalue weighted by molar-refractivity contribution is 0.465. The van der Waals surface area contributed by atoms with Crippen LogP contribution in [0.5, 0.6) is 0 Å². The molecule has 0 saturated carbocycles. The van der Waals surface area contributed by atoms with Crippen molar-refractivity contribution < 1.29 is 0 Å². The molecule has 1 atom stereocenters. The van der Waals surface area contributed by atoms with E-state index in [4.69, 9.17) is 23.2 Å². The van der Waals surface area contributed by atoms with Gasteiger partial charge in [-0.25, -0.2) is 0 Å². The van der Waals surface area contributed by atoms with E-state index < -0.39 is 0 Å². The molecule has 0 saturated heterocycles. The number of hydrogen-bond donors (Lipinski definition) is 1. The van der Waals surface area contributed by atoms with Crippen molar-refractivity contribution in [2.24, 2.45) is 5.92 Å². The Kier molecular flexibility index (Phi) is 5.98. The summed E-state index contributed by atoms with van der Waals surface area (Å²) in [6.45, 7) is 4.44. The van der Waals surface area contributed by atoms with E-state index in [0.29, 0.717) is 22.0 Å². The normalized spacial score (nSPS) is 13.1. The van der Waals surface area contributed by atoms with E-state index in [-0.39, 0.29) is 0 Å². The van der Waals surface area contributed by atoms with E-state index in [1.165, 1.54) is 0 Å². The molecule has 0 aliphatic rings. The van der Waals surface area contributed by atoms with Crippen LogP contribution in [-0.4, -0.2) is 18.8 Å². The molecule has 0 aliphatic heterocycles. The van der Waals surface area contributed by atoms with Gasteiger partial charge >= 0.3 is 0 Å². The second-order valence-electron chi connectivity index (χ2n) is 4.03. The maximum Gasteiger partial charge on any atom is 0.0603 e. The summed E-state index contributed by atoms with van der Waals surface area (Å²) in [4.78, 5) is 1.16. The lowest BCUT2D eigenvalue weighted by Crippen LogP contribution is -2.32. The van der Waals surface area contributed by atoms with E-state index in [0.717, 1.165) is 10.6 Å². The SMILES string of the molecule is CNC(CSc1ccc(Cl)c(Cl)c1)C(C)C. The Morgan fingerprint density at radius 3 is 2.44 bits per heavy atom. The molecule has 0 radical (unpaired) electrons. The monoisotopic (exact) mass is 277 g/mol. The molecule has 16 heavy (non-hydrogen) atoms. The first-order chi connectivity index (χ1) is 7.54. The van der Waals surface area contributed by atoms with Crippen LogP contribution in [0.2, 0.25) is 10.0 Å². The van der Waals surface area contributed by atoms with Crippen LogP contribution in [0.1, 0.15) is 13.8 Å². The molecule has 0 aliphatic carbocycles. The van der Waals surface area contributed by atoms with Gasteiger partial charge in [0.15, 0.2) is 0 Å². The highest BCUT2D eigenvalue weighted by Crippen LogP contribution is 2.28. The van der Waals surface area contributed by atoms with Gasteiger partial charge in [0.25, 0.3) is 0 Å². The molecular weight excluding hydrogens is 261 g/mol. The zero-order chi connectivity index (χ0) is 12.1. The molecule has 1 unspecified atom stereocenters. The Balaban J connectivity index is 2.57. The number of hydrogen-bond acceptors (Lipinski definition) is 2. The van der Waals surface area contributed by atoms with Crippen LogP contribution in [0, 0.1) is 5.92 Å². The average molecular weight is 278 g/mol. The molecule has 1 nitrogen and oxygen atoms in total. The van der Waals surface area contributed by atoms with Crippen molar-refractivity contribution in [2.75, 3.05) is 12.8 Å². The van der Waals surface area contributed by atoms with Gasteiger partial charge in [-0.1, -0.05) is 37.0 Å². The first-order valence-corrected chi connectivity index (χ1v) is 7.04. The van der Waals surface area contributed by atoms with Gasteiger partial charge in [0.05, 0.1) is 10.0 Å². The highest BCUT2D eigenvalue weighted by Gasteiger charge is 2.11. The second-order valence-corrected chi connectivity index (χ2v) is 5.93. The van der Waals surface area contributed by atoms with Gasteiger partial charge in [-0.15, -0.1) is 11.8 Å². The van der Waals surface area contributed by atoms with E-state index >= 15 is 0 Å². The third kappa shape index (κ3) is 4.17. The van der Waals surface area contributed by atoms with E-state index in [2.05, 4.69) is 19.2 Å². The fraction of sp³-hybridized carbons (Fsp3) is 0.500. The predicted molar refractivity (Wildman–Crippen MR) is 74.9 cm³/mol. The maximum absolute atomic E-state index is 5.96. The standard InChI is InChI=1S/C12H17Cl2NS/c1-8(2)12(15-3)7-16-9-4-5-10(13)11(14)6-9/h4-6,8,12,15H,7H2,1-3H3. The Morgan fingerprint density at radius 1 is 1.25 bits per heavy atom. The molecule has 0 heterocycles. The summed E-state index contributed by atoms with van der Waals surface area (Å²) in [5, 5.41) is 4.55. The van der Waals surface area contributed by atoms with Crippen LogP contribution in [-0.2, 0) is 0 Å². The Labute approximate surface area is 112 Å². The summed E-state index contributed by atoms with van der Waals surface area (Å²) in [5.41, 5.74) is 0. The summed E-state index contributed by atoms with van der Waals surface area (Å²) in [5.74, 6) is 1.66. The molecule has 0 spiro atoms. The fourth-order valence-corrected chi connectivity index (χ4v) is 3.01. The lowest BCUT2D eigenvalue weighted by atomic mass is 10.1. The van der Waals surface area contributed by atoms with Gasteiger partial charge in [0.1, 0.15) is 0 Å². The number of halogens is 2. The van der Waals surface area contributed by atoms with Gasteiger partial charge in [-0.2, -0.15) is 0 Å². The number of nitrogens with one attached hydrogen (secondary N) is 1. The topological polar surface area (TPSA) is 12.0 Å². The smallest absolute Gasteiger partial charge is 0.0603 e. The highest BCUT2D eigenvalue weighted by atomic mass is 35.5. The molecule has 0 bridgehead atoms. The van der Waals surface area contributed by atoms with Crippen LogP contribution in [0.4, 0.5) is 0 Å². The Bertz CT molecular complexity index is 342. The fourth-order valence-electron chi connectivity index (χ4n) is 1.36. The zero-order valence-corrected chi connectivity index (χ0v) is 12.1. The predicted octanol–water partition coefficient (Wildman–Crippen LogP) is 4.33. The first-order valence-electron chi connectivity index (χ1n) is 5.29. The van der Waals surface area contributed by atoms with Crippen LogP contribution in [0.25, 0.3) is 0 Å². The lowest BCUT2D eigenvalue weighted by Gasteiger charge is -2.19. The molecule has 1 rings (SSSR count). The quantitative estimate of drug-likeness (QED) is 0.804. The minimum absolute atomic E-state index is 0.513. The van der Waals surface area contributed by atoms with Gasteiger partial charge < -0.3 is 5.32 Å². The largest absolute Gasteiger partial charge is 0.316 e. The van der Waals surface area contributed by atoms with Crippen LogP contribution in [0.3, 0.4) is 0 Å². The zero-order valence-electron chi connectivity index (χ0n) is 9.76. The van der Waals surface area contributed by atoms with Gasteiger partial charge in [-0.3, -0.25) is 0 Å². The van der Waals surface area contributed by atoms with Crippen LogP contribution < -0.4 is 5.32 Å². The van der Waals surface area contributed by atoms with Gasteiger partial charge in [0.2, 0.25) is 0 Å². The summed E-state index contributed by atoms with van der Waals surface area (Å²) >= 11 is 13.6. The average Bonchev–Trinajstić information content (AvgIpc) is 2.23. The molecule has 1 aromatic rings. The van der Waals surface area contributed by atoms with E-state index in [9.17, 15) is 0 Å². The number of rotatable bonds is 5. The Hall–Kier alpha value is 0.110. The third-order valence-electron chi connectivity index (χ3n) is 2.50. The highest BCUT2D eigenvalue weighted by molar-refractivity contribution is 7.99. The van der Waals surface area contributed by atoms with Gasteiger partial charge in [-0.05, 0) is 31.2 Å². The first kappa shape index (κ1) is 14.2. The van der Waals surface area contributed by atoms with Crippen molar-refractivity contribution in [3.63, 3.8) is 0 Å². The molecule has 1 aromatic carbocycles. The number of benzene rings is 1. The Morgan fingerprint density at radius 2 is 1.94 bits per heavy atom. The molecule has 1 N–H and O–H groups in total. The minimum Gasteiger partial charge on any atom is -0.316 e. The van der Waals surface area contributed by atoms with Crippen molar-refractivity contribution >= 4 is 35.0 Å². The van der Waals surface area contributed by atoms with E-state index in [1.807, 2.05) is 25.2 Å². The molecule has 0 aromatic heterocycles. The molecule has 0 amide bonds. The summed E-state index contributed by atoms with van der Waals surface area (Å²) in [6, 6.07) is 6.28. The summed E-state index contributed by atoms with van der Waals surface area (Å²) in [7, 11) is 2.00. The second kappa shape index (κ2) is 6.75. The minimum atomic E-state index is 0.513. The molecule has 4 heteroatoms. The van der Waals surface area contributed by atoms with Crippen molar-refractivity contribution in [3.8, 4) is 0 Å². The summed E-state index contributed by atoms with van der Waals surface area (Å²) in [6.07, 6.45) is 0. The molecule has 90 valence electrons. The van der Waals surface area contributed by atoms with Crippen LogP contribution >= 0.6 is 35.0 Å². The van der Waals surface area contributed by atoms with Gasteiger partial charge in [0, 0.05) is 16.7 Å². The number of thioether (sulfide) groups is 1. The molecule has 0 fully saturated rings. The van der Waals surface area contributed by atoms with Crippen molar-refractivity contribution in [3.05, 3.63) is 28.2 Å². The third-order valence-corrected chi connectivity index (χ3v) is 4.35.